The van der Waals surface area contributed by atoms with E-state index < -0.39 is 0 Å². The summed E-state index contributed by atoms with van der Waals surface area (Å²) in [6.45, 7) is 2.99. The van der Waals surface area contributed by atoms with E-state index in [1.807, 2.05) is 5.38 Å². The average molecular weight is 265 g/mol. The summed E-state index contributed by atoms with van der Waals surface area (Å²) < 4.78 is 0. The van der Waals surface area contributed by atoms with Gasteiger partial charge in [0, 0.05) is 18.5 Å². The predicted molar refractivity (Wildman–Crippen MR) is 71.1 cm³/mol. The van der Waals surface area contributed by atoms with Gasteiger partial charge < -0.3 is 0 Å². The zero-order valence-corrected chi connectivity index (χ0v) is 11.0. The molecule has 0 saturated heterocycles. The predicted octanol–water partition coefficient (Wildman–Crippen LogP) is 3.40. The molecule has 2 aromatic rings. The van der Waals surface area contributed by atoms with Crippen LogP contribution >= 0.6 is 22.9 Å². The second-order valence-corrected chi connectivity index (χ2v) is 5.49. The highest BCUT2D eigenvalue weighted by Crippen LogP contribution is 2.24. The molecule has 3 rings (SSSR count). The van der Waals surface area contributed by atoms with Gasteiger partial charge in [-0.15, -0.1) is 22.9 Å². The summed E-state index contributed by atoms with van der Waals surface area (Å²) in [7, 11) is 0. The van der Waals surface area contributed by atoms with Crippen LogP contribution in [0, 0.1) is 0 Å². The van der Waals surface area contributed by atoms with Crippen molar-refractivity contribution in [3.63, 3.8) is 0 Å². The van der Waals surface area contributed by atoms with Crippen LogP contribution in [-0.2, 0) is 25.5 Å². The number of nitrogens with zero attached hydrogens (tertiary/aromatic N) is 2. The van der Waals surface area contributed by atoms with Gasteiger partial charge in [-0.25, -0.2) is 4.98 Å². The zero-order chi connectivity index (χ0) is 11.7. The van der Waals surface area contributed by atoms with Crippen molar-refractivity contribution in [2.24, 2.45) is 0 Å². The summed E-state index contributed by atoms with van der Waals surface area (Å²) in [5.41, 5.74) is 3.88. The normalized spacial score (nSPS) is 15.1. The van der Waals surface area contributed by atoms with Crippen LogP contribution in [0.15, 0.2) is 29.6 Å². The minimum absolute atomic E-state index is 0.511. The minimum atomic E-state index is 0.511. The van der Waals surface area contributed by atoms with Gasteiger partial charge in [-0.2, -0.15) is 0 Å². The number of rotatable bonds is 3. The standard InChI is InChI=1S/C13H13ClN2S/c14-5-12-9-17-13(15-12)8-16-6-10-3-1-2-4-11(10)7-16/h1-4,9H,5-8H2. The summed E-state index contributed by atoms with van der Waals surface area (Å²) in [6, 6.07) is 8.64. The van der Waals surface area contributed by atoms with Gasteiger partial charge in [0.2, 0.25) is 0 Å². The van der Waals surface area contributed by atoms with Crippen LogP contribution in [0.1, 0.15) is 21.8 Å². The van der Waals surface area contributed by atoms with Gasteiger partial charge in [0.1, 0.15) is 5.01 Å². The number of alkyl halides is 1. The smallest absolute Gasteiger partial charge is 0.107 e. The highest BCUT2D eigenvalue weighted by molar-refractivity contribution is 7.09. The lowest BCUT2D eigenvalue weighted by molar-refractivity contribution is 0.275. The maximum Gasteiger partial charge on any atom is 0.107 e. The van der Waals surface area contributed by atoms with Gasteiger partial charge in [0.05, 0.1) is 18.1 Å². The van der Waals surface area contributed by atoms with Crippen molar-refractivity contribution in [3.8, 4) is 0 Å². The molecule has 0 atom stereocenters. The molecule has 0 bridgehead atoms. The number of halogens is 1. The zero-order valence-electron chi connectivity index (χ0n) is 9.40. The van der Waals surface area contributed by atoms with E-state index in [1.54, 1.807) is 11.3 Å². The Morgan fingerprint density at radius 2 is 1.94 bits per heavy atom. The Morgan fingerprint density at radius 3 is 2.53 bits per heavy atom. The first-order chi connectivity index (χ1) is 8.35. The molecule has 1 aliphatic heterocycles. The highest BCUT2D eigenvalue weighted by Gasteiger charge is 2.19. The molecule has 88 valence electrons. The highest BCUT2D eigenvalue weighted by atomic mass is 35.5. The molecule has 0 N–H and O–H groups in total. The Bertz CT molecular complexity index is 499. The van der Waals surface area contributed by atoms with E-state index in [-0.39, 0.29) is 0 Å². The van der Waals surface area contributed by atoms with Crippen molar-refractivity contribution in [2.75, 3.05) is 0 Å². The van der Waals surface area contributed by atoms with Crippen LogP contribution in [0.3, 0.4) is 0 Å². The number of hydrogen-bond donors (Lipinski definition) is 0. The summed E-state index contributed by atoms with van der Waals surface area (Å²) in [5, 5.41) is 3.21. The molecule has 0 saturated carbocycles. The van der Waals surface area contributed by atoms with Crippen LogP contribution in [0.25, 0.3) is 0 Å². The van der Waals surface area contributed by atoms with Gasteiger partial charge in [-0.05, 0) is 11.1 Å². The number of fused-ring (bicyclic) bond motifs is 1. The van der Waals surface area contributed by atoms with E-state index in [0.29, 0.717) is 5.88 Å². The monoisotopic (exact) mass is 264 g/mol. The number of aromatic nitrogens is 1. The fourth-order valence-electron chi connectivity index (χ4n) is 2.19. The third-order valence-electron chi connectivity index (χ3n) is 3.00. The van der Waals surface area contributed by atoms with Crippen LogP contribution in [0.5, 0.6) is 0 Å². The Morgan fingerprint density at radius 1 is 1.24 bits per heavy atom. The maximum absolute atomic E-state index is 5.76. The van der Waals surface area contributed by atoms with Crippen molar-refractivity contribution in [3.05, 3.63) is 51.5 Å². The van der Waals surface area contributed by atoms with Gasteiger partial charge in [-0.1, -0.05) is 24.3 Å². The molecule has 0 spiro atoms. The number of benzene rings is 1. The van der Waals surface area contributed by atoms with Crippen LogP contribution in [0.2, 0.25) is 0 Å². The van der Waals surface area contributed by atoms with Crippen molar-refractivity contribution >= 4 is 22.9 Å². The lowest BCUT2D eigenvalue weighted by Crippen LogP contribution is -2.15. The molecule has 1 aliphatic rings. The second kappa shape index (κ2) is 4.77. The van der Waals surface area contributed by atoms with E-state index >= 15 is 0 Å². The van der Waals surface area contributed by atoms with Gasteiger partial charge in [0.15, 0.2) is 0 Å². The second-order valence-electron chi connectivity index (χ2n) is 4.28. The first-order valence-corrected chi connectivity index (χ1v) is 7.05. The third kappa shape index (κ3) is 2.37. The first kappa shape index (κ1) is 11.2. The molecule has 2 heterocycles. The summed E-state index contributed by atoms with van der Waals surface area (Å²) in [5.74, 6) is 0.511. The SMILES string of the molecule is ClCc1csc(CN2Cc3ccccc3C2)n1. The maximum atomic E-state index is 5.76. The van der Waals surface area contributed by atoms with Gasteiger partial charge in [-0.3, -0.25) is 4.90 Å². The molecule has 0 radical (unpaired) electrons. The topological polar surface area (TPSA) is 16.1 Å². The molecule has 4 heteroatoms. The molecular weight excluding hydrogens is 252 g/mol. The van der Waals surface area contributed by atoms with Crippen LogP contribution < -0.4 is 0 Å². The van der Waals surface area contributed by atoms with Crippen molar-refractivity contribution in [1.29, 1.82) is 0 Å². The van der Waals surface area contributed by atoms with E-state index in [4.69, 9.17) is 11.6 Å². The molecule has 1 aromatic heterocycles. The number of thiazole rings is 1. The Kier molecular flexibility index (Phi) is 3.14. The lowest BCUT2D eigenvalue weighted by Gasteiger charge is -2.12. The van der Waals surface area contributed by atoms with Crippen molar-refractivity contribution in [2.45, 2.75) is 25.5 Å². The Balaban J connectivity index is 1.69. The van der Waals surface area contributed by atoms with Crippen LogP contribution in [0.4, 0.5) is 0 Å². The quantitative estimate of drug-likeness (QED) is 0.790. The fourth-order valence-corrected chi connectivity index (χ4v) is 3.25. The van der Waals surface area contributed by atoms with E-state index in [2.05, 4.69) is 34.1 Å². The molecule has 1 aromatic carbocycles. The Labute approximate surface area is 110 Å². The van der Waals surface area contributed by atoms with Gasteiger partial charge in [0.25, 0.3) is 0 Å². The van der Waals surface area contributed by atoms with Crippen molar-refractivity contribution in [1.82, 2.24) is 9.88 Å². The minimum Gasteiger partial charge on any atom is -0.288 e. The molecule has 2 nitrogen and oxygen atoms in total. The average Bonchev–Trinajstić information content (AvgIpc) is 2.94. The lowest BCUT2D eigenvalue weighted by atomic mass is 10.1. The van der Waals surface area contributed by atoms with Crippen LogP contribution in [-0.4, -0.2) is 9.88 Å². The summed E-state index contributed by atoms with van der Waals surface area (Å²) >= 11 is 7.46. The molecule has 17 heavy (non-hydrogen) atoms. The van der Waals surface area contributed by atoms with E-state index in [0.717, 1.165) is 30.3 Å². The Hall–Kier alpha value is -0.900. The molecule has 0 aliphatic carbocycles. The molecule has 0 unspecified atom stereocenters. The van der Waals surface area contributed by atoms with Gasteiger partial charge >= 0.3 is 0 Å². The summed E-state index contributed by atoms with van der Waals surface area (Å²) in [6.07, 6.45) is 0. The fraction of sp³-hybridized carbons (Fsp3) is 0.308. The molecular formula is C13H13ClN2S. The largest absolute Gasteiger partial charge is 0.288 e. The van der Waals surface area contributed by atoms with E-state index in [1.165, 1.54) is 11.1 Å². The van der Waals surface area contributed by atoms with Crippen molar-refractivity contribution < 1.29 is 0 Å². The third-order valence-corrected chi connectivity index (χ3v) is 4.16. The molecule has 0 fully saturated rings. The van der Waals surface area contributed by atoms with E-state index in [9.17, 15) is 0 Å². The molecule has 0 amide bonds. The number of hydrogen-bond acceptors (Lipinski definition) is 3. The summed E-state index contributed by atoms with van der Waals surface area (Å²) in [4.78, 5) is 6.92. The first-order valence-electron chi connectivity index (χ1n) is 5.63.